The first-order valence-corrected chi connectivity index (χ1v) is 11.1. The van der Waals surface area contributed by atoms with E-state index in [0.29, 0.717) is 0 Å². The number of hydrogen-bond acceptors (Lipinski definition) is 3. The summed E-state index contributed by atoms with van der Waals surface area (Å²) in [6, 6.07) is 10.4. The summed E-state index contributed by atoms with van der Waals surface area (Å²) in [5.41, 5.74) is 2.31. The number of nitrogens with zero attached hydrogens (tertiary/aromatic N) is 1. The molecule has 1 heterocycles. The molecule has 0 radical (unpaired) electrons. The molecule has 4 heteroatoms. The molecule has 0 aliphatic rings. The molecular weight excluding hydrogens is 282 g/mol. The van der Waals surface area contributed by atoms with Gasteiger partial charge >= 0.3 is 0 Å². The van der Waals surface area contributed by atoms with Gasteiger partial charge < -0.3 is 4.43 Å². The highest BCUT2D eigenvalue weighted by molar-refractivity contribution is 7.08. The number of benzene rings is 1. The Kier molecular flexibility index (Phi) is 4.78. The highest BCUT2D eigenvalue weighted by atomic mass is 32.1. The average molecular weight is 304 g/mol. The quantitative estimate of drug-likeness (QED) is 0.553. The maximum Gasteiger partial charge on any atom is 0.242 e. The van der Waals surface area contributed by atoms with Crippen LogP contribution in [0, 0.1) is 0 Å². The summed E-state index contributed by atoms with van der Waals surface area (Å²) in [4.78, 5) is 4.64. The number of thiophene rings is 1. The van der Waals surface area contributed by atoms with Crippen LogP contribution in [0.25, 0.3) is 0 Å². The lowest BCUT2D eigenvalue weighted by Crippen LogP contribution is -2.29. The van der Waals surface area contributed by atoms with Crippen molar-refractivity contribution in [3.8, 4) is 5.75 Å². The van der Waals surface area contributed by atoms with Crippen molar-refractivity contribution in [1.29, 1.82) is 0 Å². The van der Waals surface area contributed by atoms with E-state index in [0.717, 1.165) is 16.9 Å². The van der Waals surface area contributed by atoms with Crippen LogP contribution in [-0.2, 0) is 0 Å². The number of hydrogen-bond donors (Lipinski definition) is 0. The monoisotopic (exact) mass is 303 g/mol. The Balaban J connectivity index is 2.19. The van der Waals surface area contributed by atoms with Crippen molar-refractivity contribution in [1.82, 2.24) is 0 Å². The first-order valence-electron chi connectivity index (χ1n) is 6.79. The third-order valence-corrected chi connectivity index (χ3v) is 4.31. The molecule has 0 aliphatic carbocycles. The summed E-state index contributed by atoms with van der Waals surface area (Å²) in [5, 5.41) is 4.16. The van der Waals surface area contributed by atoms with Gasteiger partial charge in [-0.2, -0.15) is 11.3 Å². The van der Waals surface area contributed by atoms with Gasteiger partial charge in [-0.1, -0.05) is 18.2 Å². The second kappa shape index (κ2) is 6.37. The molecule has 1 atom stereocenters. The normalized spacial score (nSPS) is 13.6. The van der Waals surface area contributed by atoms with E-state index in [4.69, 9.17) is 4.43 Å². The molecule has 0 spiro atoms. The van der Waals surface area contributed by atoms with Gasteiger partial charge in [-0.05, 0) is 49.5 Å². The van der Waals surface area contributed by atoms with Gasteiger partial charge in [0, 0.05) is 17.3 Å². The molecule has 0 aliphatic heterocycles. The minimum atomic E-state index is -1.60. The fourth-order valence-corrected chi connectivity index (χ4v) is 3.33. The van der Waals surface area contributed by atoms with Gasteiger partial charge in [0.1, 0.15) is 5.75 Å². The van der Waals surface area contributed by atoms with E-state index in [1.807, 2.05) is 24.4 Å². The second-order valence-corrected chi connectivity index (χ2v) is 11.0. The van der Waals surface area contributed by atoms with Gasteiger partial charge in [0.05, 0.1) is 6.04 Å². The van der Waals surface area contributed by atoms with Crippen molar-refractivity contribution in [2.24, 2.45) is 4.99 Å². The van der Waals surface area contributed by atoms with Gasteiger partial charge in [-0.25, -0.2) is 0 Å². The van der Waals surface area contributed by atoms with Crippen LogP contribution in [0.4, 0.5) is 0 Å². The molecule has 0 saturated heterocycles. The highest BCUT2D eigenvalue weighted by Gasteiger charge is 2.19. The van der Waals surface area contributed by atoms with E-state index in [-0.39, 0.29) is 6.04 Å². The van der Waals surface area contributed by atoms with E-state index in [1.54, 1.807) is 11.3 Å². The first-order chi connectivity index (χ1) is 9.46. The van der Waals surface area contributed by atoms with E-state index in [2.05, 4.69) is 54.5 Å². The molecule has 0 N–H and O–H groups in total. The predicted molar refractivity (Wildman–Crippen MR) is 90.7 cm³/mol. The molecular formula is C16H21NOSSi. The maximum atomic E-state index is 6.16. The minimum Gasteiger partial charge on any atom is -0.544 e. The van der Waals surface area contributed by atoms with Crippen molar-refractivity contribution in [2.45, 2.75) is 32.6 Å². The summed E-state index contributed by atoms with van der Waals surface area (Å²) in [5.74, 6) is 0.974. The standard InChI is InChI=1S/C16H21NOSSi/c1-13(17-11-14-9-10-19-12-14)15-7-5-6-8-16(15)18-20(2,3)4/h5-13H,1-4H3/b17-11+. The second-order valence-electron chi connectivity index (χ2n) is 5.76. The van der Waals surface area contributed by atoms with Crippen LogP contribution in [-0.4, -0.2) is 14.5 Å². The zero-order chi connectivity index (χ0) is 14.6. The first kappa shape index (κ1) is 15.0. The Morgan fingerprint density at radius 1 is 1.20 bits per heavy atom. The third-order valence-electron chi connectivity index (χ3n) is 2.78. The predicted octanol–water partition coefficient (Wildman–Crippen LogP) is 5.14. The zero-order valence-corrected chi connectivity index (χ0v) is 14.3. The molecule has 0 amide bonds. The summed E-state index contributed by atoms with van der Waals surface area (Å²) in [7, 11) is -1.60. The van der Waals surface area contributed by atoms with E-state index < -0.39 is 8.32 Å². The molecule has 0 bridgehead atoms. The Bertz CT molecular complexity index is 572. The summed E-state index contributed by atoms with van der Waals surface area (Å²) < 4.78 is 6.16. The van der Waals surface area contributed by atoms with E-state index >= 15 is 0 Å². The van der Waals surface area contributed by atoms with Gasteiger partial charge in [0.15, 0.2) is 0 Å². The van der Waals surface area contributed by atoms with Crippen LogP contribution in [0.5, 0.6) is 5.75 Å². The van der Waals surface area contributed by atoms with E-state index in [9.17, 15) is 0 Å². The maximum absolute atomic E-state index is 6.16. The molecule has 2 rings (SSSR count). The smallest absolute Gasteiger partial charge is 0.242 e. The topological polar surface area (TPSA) is 21.6 Å². The Morgan fingerprint density at radius 3 is 2.60 bits per heavy atom. The number of para-hydroxylation sites is 1. The molecule has 106 valence electrons. The lowest BCUT2D eigenvalue weighted by atomic mass is 10.1. The van der Waals surface area contributed by atoms with Crippen LogP contribution < -0.4 is 4.43 Å². The largest absolute Gasteiger partial charge is 0.544 e. The van der Waals surface area contributed by atoms with Crippen LogP contribution >= 0.6 is 11.3 Å². The number of rotatable bonds is 5. The molecule has 1 unspecified atom stereocenters. The molecule has 20 heavy (non-hydrogen) atoms. The Morgan fingerprint density at radius 2 is 1.95 bits per heavy atom. The van der Waals surface area contributed by atoms with Crippen LogP contribution in [0.3, 0.4) is 0 Å². The number of aliphatic imine (C=N–C) groups is 1. The third kappa shape index (κ3) is 4.32. The molecule has 0 saturated carbocycles. The SMILES string of the molecule is CC(/N=C/c1ccsc1)c1ccccc1O[Si](C)(C)C. The molecule has 2 nitrogen and oxygen atoms in total. The van der Waals surface area contributed by atoms with Gasteiger partial charge in [0.2, 0.25) is 8.32 Å². The highest BCUT2D eigenvalue weighted by Crippen LogP contribution is 2.29. The van der Waals surface area contributed by atoms with Crippen molar-refractivity contribution >= 4 is 25.9 Å². The lowest BCUT2D eigenvalue weighted by molar-refractivity contribution is 0.543. The van der Waals surface area contributed by atoms with Crippen LogP contribution in [0.1, 0.15) is 24.1 Å². The summed E-state index contributed by atoms with van der Waals surface area (Å²) in [6.07, 6.45) is 1.94. The summed E-state index contributed by atoms with van der Waals surface area (Å²) >= 11 is 1.69. The minimum absolute atomic E-state index is 0.0995. The molecule has 1 aromatic carbocycles. The van der Waals surface area contributed by atoms with Crippen molar-refractivity contribution in [3.63, 3.8) is 0 Å². The van der Waals surface area contributed by atoms with Crippen LogP contribution in [0.2, 0.25) is 19.6 Å². The summed E-state index contributed by atoms with van der Waals surface area (Å²) in [6.45, 7) is 8.70. The average Bonchev–Trinajstić information content (AvgIpc) is 2.88. The van der Waals surface area contributed by atoms with Crippen molar-refractivity contribution in [3.05, 3.63) is 52.2 Å². The van der Waals surface area contributed by atoms with Gasteiger partial charge in [-0.15, -0.1) is 0 Å². The fraction of sp³-hybridized carbons (Fsp3) is 0.312. The van der Waals surface area contributed by atoms with Gasteiger partial charge in [0.25, 0.3) is 0 Å². The lowest BCUT2D eigenvalue weighted by Gasteiger charge is -2.22. The van der Waals surface area contributed by atoms with Crippen molar-refractivity contribution in [2.75, 3.05) is 0 Å². The Hall–Kier alpha value is -1.39. The van der Waals surface area contributed by atoms with Crippen molar-refractivity contribution < 1.29 is 4.43 Å². The molecule has 0 fully saturated rings. The van der Waals surface area contributed by atoms with Gasteiger partial charge in [-0.3, -0.25) is 4.99 Å². The fourth-order valence-electron chi connectivity index (χ4n) is 1.88. The molecule has 1 aromatic heterocycles. The van der Waals surface area contributed by atoms with E-state index in [1.165, 1.54) is 0 Å². The van der Waals surface area contributed by atoms with Crippen LogP contribution in [0.15, 0.2) is 46.1 Å². The Labute approximate surface area is 126 Å². The molecule has 2 aromatic rings. The zero-order valence-electron chi connectivity index (χ0n) is 12.5.